The van der Waals surface area contributed by atoms with Crippen LogP contribution in [-0.2, 0) is 14.3 Å². The smallest absolute Gasteiger partial charge is 0.314 e. The van der Waals surface area contributed by atoms with E-state index in [-0.39, 0.29) is 6.42 Å². The van der Waals surface area contributed by atoms with Gasteiger partial charge in [0.25, 0.3) is 0 Å². The molecular formula is C14H18NO3. The third kappa shape index (κ3) is 4.57. The summed E-state index contributed by atoms with van der Waals surface area (Å²) < 4.78 is 5.28. The zero-order valence-corrected chi connectivity index (χ0v) is 10.9. The van der Waals surface area contributed by atoms with Gasteiger partial charge in [0, 0.05) is 6.42 Å². The highest BCUT2D eigenvalue weighted by atomic mass is 16.6. The van der Waals surface area contributed by atoms with Crippen molar-refractivity contribution < 1.29 is 14.3 Å². The average Bonchev–Trinajstić information content (AvgIpc) is 2.24. The summed E-state index contributed by atoms with van der Waals surface area (Å²) in [5, 5.41) is 0. The van der Waals surface area contributed by atoms with Crippen LogP contribution in [0.3, 0.4) is 0 Å². The Bertz CT molecular complexity index is 420. The Morgan fingerprint density at radius 1 is 1.22 bits per heavy atom. The summed E-state index contributed by atoms with van der Waals surface area (Å²) in [7, 11) is 0. The standard InChI is InChI=1S/C14H18NO3/c1-14(2,3)18-13(17)11(9-12(15)16)10-7-5-4-6-8-10/h4-8,11,15H,9H2,1-3H3. The predicted octanol–water partition coefficient (Wildman–Crippen LogP) is 2.31. The number of nitrogens with one attached hydrogen (secondary N) is 1. The number of hydrogen-bond donors (Lipinski definition) is 0. The van der Waals surface area contributed by atoms with E-state index in [1.165, 1.54) is 0 Å². The summed E-state index contributed by atoms with van der Waals surface area (Å²) in [4.78, 5) is 23.0. The number of amides is 1. The van der Waals surface area contributed by atoms with Gasteiger partial charge >= 0.3 is 5.97 Å². The fourth-order valence-electron chi connectivity index (χ4n) is 1.58. The normalized spacial score (nSPS) is 12.8. The highest BCUT2D eigenvalue weighted by molar-refractivity contribution is 5.85. The van der Waals surface area contributed by atoms with Crippen LogP contribution >= 0.6 is 0 Å². The van der Waals surface area contributed by atoms with Crippen LogP contribution in [0.4, 0.5) is 0 Å². The van der Waals surface area contributed by atoms with E-state index in [1.54, 1.807) is 45.0 Å². The molecule has 18 heavy (non-hydrogen) atoms. The van der Waals surface area contributed by atoms with Gasteiger partial charge in [-0.2, -0.15) is 0 Å². The van der Waals surface area contributed by atoms with Crippen molar-refractivity contribution in [3.8, 4) is 0 Å². The molecule has 1 unspecified atom stereocenters. The SMILES string of the molecule is CC(C)(C)OC(=O)C(CC([NH])=O)c1ccccc1. The van der Waals surface area contributed by atoms with Gasteiger partial charge in [0.1, 0.15) is 5.60 Å². The molecule has 0 bridgehead atoms. The van der Waals surface area contributed by atoms with Gasteiger partial charge in [0.2, 0.25) is 5.91 Å². The van der Waals surface area contributed by atoms with Crippen molar-refractivity contribution in [2.75, 3.05) is 0 Å². The Morgan fingerprint density at radius 3 is 2.22 bits per heavy atom. The van der Waals surface area contributed by atoms with Crippen molar-refractivity contribution in [1.29, 1.82) is 0 Å². The summed E-state index contributed by atoms with van der Waals surface area (Å²) in [6.07, 6.45) is -0.154. The number of hydrogen-bond acceptors (Lipinski definition) is 3. The Hall–Kier alpha value is -1.84. The molecule has 0 aliphatic rings. The third-order valence-electron chi connectivity index (χ3n) is 2.28. The molecule has 1 amide bonds. The molecule has 1 rings (SSSR count). The molecule has 1 N–H and O–H groups in total. The van der Waals surface area contributed by atoms with Crippen LogP contribution in [-0.4, -0.2) is 17.5 Å². The average molecular weight is 248 g/mol. The van der Waals surface area contributed by atoms with Gasteiger partial charge in [0.15, 0.2) is 0 Å². The molecule has 0 heterocycles. The van der Waals surface area contributed by atoms with Gasteiger partial charge < -0.3 is 4.74 Å². The summed E-state index contributed by atoms with van der Waals surface area (Å²) in [5.41, 5.74) is 7.13. The lowest BCUT2D eigenvalue weighted by molar-refractivity contribution is -0.157. The maximum Gasteiger partial charge on any atom is 0.314 e. The van der Waals surface area contributed by atoms with Crippen molar-refractivity contribution in [1.82, 2.24) is 5.73 Å². The zero-order chi connectivity index (χ0) is 13.8. The quantitative estimate of drug-likeness (QED) is 0.768. The van der Waals surface area contributed by atoms with E-state index in [1.807, 2.05) is 6.07 Å². The fraction of sp³-hybridized carbons (Fsp3) is 0.429. The maximum absolute atomic E-state index is 12.0. The lowest BCUT2D eigenvalue weighted by atomic mass is 9.95. The molecule has 4 nitrogen and oxygen atoms in total. The number of esters is 1. The van der Waals surface area contributed by atoms with E-state index in [2.05, 4.69) is 0 Å². The Labute approximate surface area is 107 Å². The highest BCUT2D eigenvalue weighted by Gasteiger charge is 2.28. The minimum Gasteiger partial charge on any atom is -0.459 e. The van der Waals surface area contributed by atoms with E-state index in [0.717, 1.165) is 0 Å². The Kier molecular flexibility index (Phi) is 4.48. The van der Waals surface area contributed by atoms with Crippen LogP contribution in [0, 0.1) is 0 Å². The lowest BCUT2D eigenvalue weighted by Gasteiger charge is -2.23. The molecular weight excluding hydrogens is 230 g/mol. The van der Waals surface area contributed by atoms with E-state index in [9.17, 15) is 9.59 Å². The second-order valence-electron chi connectivity index (χ2n) is 5.12. The topological polar surface area (TPSA) is 67.2 Å². The molecule has 0 aromatic heterocycles. The van der Waals surface area contributed by atoms with Crippen LogP contribution in [0.25, 0.3) is 0 Å². The first-order valence-electron chi connectivity index (χ1n) is 5.82. The number of ether oxygens (including phenoxy) is 1. The molecule has 97 valence electrons. The van der Waals surface area contributed by atoms with Crippen LogP contribution in [0.2, 0.25) is 0 Å². The first kappa shape index (κ1) is 14.2. The van der Waals surface area contributed by atoms with E-state index in [4.69, 9.17) is 10.5 Å². The molecule has 0 fully saturated rings. The maximum atomic E-state index is 12.0. The van der Waals surface area contributed by atoms with Crippen molar-refractivity contribution in [3.05, 3.63) is 35.9 Å². The van der Waals surface area contributed by atoms with E-state index >= 15 is 0 Å². The van der Waals surface area contributed by atoms with Crippen LogP contribution in [0.5, 0.6) is 0 Å². The largest absolute Gasteiger partial charge is 0.459 e. The van der Waals surface area contributed by atoms with Gasteiger partial charge in [-0.3, -0.25) is 15.3 Å². The van der Waals surface area contributed by atoms with Gasteiger partial charge in [-0.1, -0.05) is 30.3 Å². The minimum absolute atomic E-state index is 0.154. The summed E-state index contributed by atoms with van der Waals surface area (Å²) in [6, 6.07) is 8.94. The number of carbonyl (C=O) groups excluding carboxylic acids is 2. The molecule has 4 heteroatoms. The Morgan fingerprint density at radius 2 is 1.78 bits per heavy atom. The summed E-state index contributed by atoms with van der Waals surface area (Å²) in [5.74, 6) is -1.93. The number of benzene rings is 1. The molecule has 1 aromatic carbocycles. The monoisotopic (exact) mass is 248 g/mol. The second kappa shape index (κ2) is 5.67. The number of carbonyl (C=O) groups is 2. The van der Waals surface area contributed by atoms with Crippen molar-refractivity contribution in [3.63, 3.8) is 0 Å². The molecule has 1 aromatic rings. The number of rotatable bonds is 4. The van der Waals surface area contributed by atoms with Crippen LogP contribution < -0.4 is 5.73 Å². The van der Waals surface area contributed by atoms with Gasteiger partial charge in [-0.05, 0) is 26.3 Å². The lowest BCUT2D eigenvalue weighted by Crippen LogP contribution is -2.29. The molecule has 0 saturated carbocycles. The van der Waals surface area contributed by atoms with E-state index < -0.39 is 23.4 Å². The summed E-state index contributed by atoms with van der Waals surface area (Å²) in [6.45, 7) is 5.32. The predicted molar refractivity (Wildman–Crippen MR) is 67.7 cm³/mol. The molecule has 0 aliphatic heterocycles. The molecule has 1 atom stereocenters. The van der Waals surface area contributed by atoms with E-state index in [0.29, 0.717) is 5.56 Å². The molecule has 0 saturated heterocycles. The van der Waals surface area contributed by atoms with Crippen LogP contribution in [0.15, 0.2) is 30.3 Å². The van der Waals surface area contributed by atoms with Crippen molar-refractivity contribution in [2.45, 2.75) is 38.7 Å². The first-order chi connectivity index (χ1) is 8.29. The Balaban J connectivity index is 2.92. The third-order valence-corrected chi connectivity index (χ3v) is 2.28. The minimum atomic E-state index is -0.769. The molecule has 0 spiro atoms. The van der Waals surface area contributed by atoms with Gasteiger partial charge in [-0.25, -0.2) is 0 Å². The fourth-order valence-corrected chi connectivity index (χ4v) is 1.58. The highest BCUT2D eigenvalue weighted by Crippen LogP contribution is 2.23. The molecule has 0 aliphatic carbocycles. The van der Waals surface area contributed by atoms with Crippen molar-refractivity contribution >= 4 is 11.9 Å². The molecule has 1 radical (unpaired) electrons. The second-order valence-corrected chi connectivity index (χ2v) is 5.12. The summed E-state index contributed by atoms with van der Waals surface area (Å²) >= 11 is 0. The zero-order valence-electron chi connectivity index (χ0n) is 10.9. The van der Waals surface area contributed by atoms with Gasteiger partial charge in [0.05, 0.1) is 5.92 Å². The van der Waals surface area contributed by atoms with Crippen molar-refractivity contribution in [2.24, 2.45) is 0 Å². The van der Waals surface area contributed by atoms with Crippen LogP contribution in [0.1, 0.15) is 38.7 Å². The van der Waals surface area contributed by atoms with Gasteiger partial charge in [-0.15, -0.1) is 0 Å². The first-order valence-corrected chi connectivity index (χ1v) is 5.82.